The molecule has 2 aromatic rings. The number of halogens is 1. The third kappa shape index (κ3) is 3.60. The predicted octanol–water partition coefficient (Wildman–Crippen LogP) is 3.22. The lowest BCUT2D eigenvalue weighted by Gasteiger charge is -2.33. The number of nitrogens with zero attached hydrogens (tertiary/aromatic N) is 3. The summed E-state index contributed by atoms with van der Waals surface area (Å²) in [5.74, 6) is 1.73. The van der Waals surface area contributed by atoms with E-state index in [2.05, 4.69) is 26.3 Å². The number of aromatic nitrogens is 2. The van der Waals surface area contributed by atoms with E-state index in [4.69, 9.17) is 16.3 Å². The summed E-state index contributed by atoms with van der Waals surface area (Å²) in [7, 11) is 1.68. The molecule has 1 aromatic carbocycles. The van der Waals surface area contributed by atoms with Crippen LogP contribution in [0.2, 0.25) is 5.15 Å². The standard InChI is InChI=1S/C16H19ClN4O/c1-22-14-4-2-3-13(9-14)19-12-5-7-21(8-6-12)16-11-18-10-15(17)20-16/h2-4,9-12,19H,5-8H2,1H3. The van der Waals surface area contributed by atoms with Crippen molar-refractivity contribution < 1.29 is 4.74 Å². The van der Waals surface area contributed by atoms with Crippen molar-refractivity contribution in [1.82, 2.24) is 9.97 Å². The van der Waals surface area contributed by atoms with Gasteiger partial charge in [0.2, 0.25) is 0 Å². The van der Waals surface area contributed by atoms with Crippen molar-refractivity contribution in [2.45, 2.75) is 18.9 Å². The summed E-state index contributed by atoms with van der Waals surface area (Å²) in [5, 5.41) is 4.01. The summed E-state index contributed by atoms with van der Waals surface area (Å²) in [4.78, 5) is 10.6. The molecule has 1 aliphatic rings. The summed E-state index contributed by atoms with van der Waals surface area (Å²) in [5.41, 5.74) is 1.10. The van der Waals surface area contributed by atoms with Crippen LogP contribution in [0.25, 0.3) is 0 Å². The van der Waals surface area contributed by atoms with Crippen molar-refractivity contribution in [1.29, 1.82) is 0 Å². The van der Waals surface area contributed by atoms with E-state index in [9.17, 15) is 0 Å². The molecule has 0 aliphatic carbocycles. The van der Waals surface area contributed by atoms with Crippen LogP contribution in [-0.4, -0.2) is 36.2 Å². The molecule has 0 radical (unpaired) electrons. The molecular formula is C16H19ClN4O. The molecule has 0 unspecified atom stereocenters. The molecule has 3 rings (SSSR count). The Balaban J connectivity index is 1.57. The Kier molecular flexibility index (Phi) is 4.63. The predicted molar refractivity (Wildman–Crippen MR) is 88.9 cm³/mol. The van der Waals surface area contributed by atoms with E-state index in [0.717, 1.165) is 43.2 Å². The van der Waals surface area contributed by atoms with Gasteiger partial charge in [-0.3, -0.25) is 4.98 Å². The van der Waals surface area contributed by atoms with E-state index in [-0.39, 0.29) is 0 Å². The minimum absolute atomic E-state index is 0.439. The lowest BCUT2D eigenvalue weighted by molar-refractivity contribution is 0.415. The van der Waals surface area contributed by atoms with Gasteiger partial charge in [-0.1, -0.05) is 17.7 Å². The van der Waals surface area contributed by atoms with Gasteiger partial charge in [0.25, 0.3) is 0 Å². The van der Waals surface area contributed by atoms with Gasteiger partial charge >= 0.3 is 0 Å². The first kappa shape index (κ1) is 14.9. The molecule has 5 nitrogen and oxygen atoms in total. The number of hydrogen-bond donors (Lipinski definition) is 1. The van der Waals surface area contributed by atoms with Gasteiger partial charge in [-0.25, -0.2) is 4.98 Å². The summed E-state index contributed by atoms with van der Waals surface area (Å²) in [6.45, 7) is 1.88. The summed E-state index contributed by atoms with van der Waals surface area (Å²) < 4.78 is 5.25. The zero-order valence-electron chi connectivity index (χ0n) is 12.5. The molecule has 0 saturated carbocycles. The fourth-order valence-corrected chi connectivity index (χ4v) is 2.83. The number of piperidine rings is 1. The number of rotatable bonds is 4. The van der Waals surface area contributed by atoms with Crippen molar-refractivity contribution in [2.75, 3.05) is 30.4 Å². The van der Waals surface area contributed by atoms with Crippen LogP contribution in [0.4, 0.5) is 11.5 Å². The Bertz CT molecular complexity index is 629. The molecule has 0 amide bonds. The van der Waals surface area contributed by atoms with Crippen LogP contribution in [0.1, 0.15) is 12.8 Å². The van der Waals surface area contributed by atoms with Crippen LogP contribution >= 0.6 is 11.6 Å². The Morgan fingerprint density at radius 2 is 2.09 bits per heavy atom. The molecule has 0 spiro atoms. The molecule has 116 valence electrons. The minimum atomic E-state index is 0.439. The van der Waals surface area contributed by atoms with Crippen LogP contribution in [0.3, 0.4) is 0 Å². The third-order valence-corrected chi connectivity index (χ3v) is 4.03. The fourth-order valence-electron chi connectivity index (χ4n) is 2.69. The van der Waals surface area contributed by atoms with Crippen molar-refractivity contribution in [3.8, 4) is 5.75 Å². The van der Waals surface area contributed by atoms with Crippen LogP contribution < -0.4 is 15.0 Å². The monoisotopic (exact) mass is 318 g/mol. The molecule has 1 saturated heterocycles. The van der Waals surface area contributed by atoms with Gasteiger partial charge in [0.15, 0.2) is 0 Å². The van der Waals surface area contributed by atoms with Crippen molar-refractivity contribution in [3.63, 3.8) is 0 Å². The minimum Gasteiger partial charge on any atom is -0.497 e. The SMILES string of the molecule is COc1cccc(NC2CCN(c3cncc(Cl)n3)CC2)c1. The van der Waals surface area contributed by atoms with E-state index in [0.29, 0.717) is 11.2 Å². The highest BCUT2D eigenvalue weighted by Gasteiger charge is 2.20. The van der Waals surface area contributed by atoms with E-state index < -0.39 is 0 Å². The second kappa shape index (κ2) is 6.83. The average molecular weight is 319 g/mol. The van der Waals surface area contributed by atoms with Crippen LogP contribution in [0.5, 0.6) is 5.75 Å². The highest BCUT2D eigenvalue weighted by atomic mass is 35.5. The fraction of sp³-hybridized carbons (Fsp3) is 0.375. The second-order valence-corrected chi connectivity index (χ2v) is 5.72. The Labute approximate surface area is 135 Å². The Morgan fingerprint density at radius 3 is 2.82 bits per heavy atom. The molecule has 6 heteroatoms. The Morgan fingerprint density at radius 1 is 1.27 bits per heavy atom. The maximum Gasteiger partial charge on any atom is 0.149 e. The maximum absolute atomic E-state index is 5.90. The van der Waals surface area contributed by atoms with E-state index in [1.807, 2.05) is 18.2 Å². The van der Waals surface area contributed by atoms with Gasteiger partial charge in [0.05, 0.1) is 19.5 Å². The van der Waals surface area contributed by atoms with Crippen molar-refractivity contribution >= 4 is 23.1 Å². The highest BCUT2D eigenvalue weighted by molar-refractivity contribution is 6.29. The quantitative estimate of drug-likeness (QED) is 0.938. The molecule has 1 fully saturated rings. The second-order valence-electron chi connectivity index (χ2n) is 5.34. The first-order valence-electron chi connectivity index (χ1n) is 7.37. The number of benzene rings is 1. The van der Waals surface area contributed by atoms with Crippen molar-refractivity contribution in [2.24, 2.45) is 0 Å². The molecular weight excluding hydrogens is 300 g/mol. The lowest BCUT2D eigenvalue weighted by Crippen LogP contribution is -2.39. The van der Waals surface area contributed by atoms with Crippen LogP contribution in [0.15, 0.2) is 36.7 Å². The van der Waals surface area contributed by atoms with Gasteiger partial charge in [-0.2, -0.15) is 0 Å². The van der Waals surface area contributed by atoms with Crippen LogP contribution in [-0.2, 0) is 0 Å². The zero-order chi connectivity index (χ0) is 15.4. The maximum atomic E-state index is 5.90. The highest BCUT2D eigenvalue weighted by Crippen LogP contribution is 2.23. The first-order valence-corrected chi connectivity index (χ1v) is 7.75. The number of anilines is 2. The smallest absolute Gasteiger partial charge is 0.149 e. The molecule has 1 N–H and O–H groups in total. The molecule has 1 aliphatic heterocycles. The number of methoxy groups -OCH3 is 1. The number of ether oxygens (including phenoxy) is 1. The topological polar surface area (TPSA) is 50.3 Å². The summed E-state index contributed by atoms with van der Waals surface area (Å²) in [6.07, 6.45) is 5.42. The molecule has 1 aromatic heterocycles. The van der Waals surface area contributed by atoms with Gasteiger partial charge in [0, 0.05) is 30.9 Å². The summed E-state index contributed by atoms with van der Waals surface area (Å²) in [6, 6.07) is 8.49. The van der Waals surface area contributed by atoms with Crippen LogP contribution in [0, 0.1) is 0 Å². The lowest BCUT2D eigenvalue weighted by atomic mass is 10.0. The van der Waals surface area contributed by atoms with Gasteiger partial charge in [-0.05, 0) is 25.0 Å². The van der Waals surface area contributed by atoms with Gasteiger partial charge < -0.3 is 15.0 Å². The third-order valence-electron chi connectivity index (χ3n) is 3.85. The number of nitrogens with one attached hydrogen (secondary N) is 1. The largest absolute Gasteiger partial charge is 0.497 e. The normalized spacial score (nSPS) is 15.6. The molecule has 0 atom stereocenters. The van der Waals surface area contributed by atoms with Gasteiger partial charge in [0.1, 0.15) is 16.7 Å². The average Bonchev–Trinajstić information content (AvgIpc) is 2.56. The van der Waals surface area contributed by atoms with Crippen molar-refractivity contribution in [3.05, 3.63) is 41.8 Å². The molecule has 22 heavy (non-hydrogen) atoms. The van der Waals surface area contributed by atoms with E-state index in [1.165, 1.54) is 0 Å². The van der Waals surface area contributed by atoms with Gasteiger partial charge in [-0.15, -0.1) is 0 Å². The summed E-state index contributed by atoms with van der Waals surface area (Å²) >= 11 is 5.90. The first-order chi connectivity index (χ1) is 10.7. The van der Waals surface area contributed by atoms with E-state index in [1.54, 1.807) is 19.5 Å². The molecule has 2 heterocycles. The molecule has 0 bridgehead atoms. The Hall–Kier alpha value is -2.01. The zero-order valence-corrected chi connectivity index (χ0v) is 13.3. The number of hydrogen-bond acceptors (Lipinski definition) is 5. The van der Waals surface area contributed by atoms with E-state index >= 15 is 0 Å².